The highest BCUT2D eigenvalue weighted by molar-refractivity contribution is 7.89. The van der Waals surface area contributed by atoms with Gasteiger partial charge in [0.1, 0.15) is 16.3 Å². The molecule has 3 aromatic heterocycles. The number of Topliss-reactive ketones (excluding diaryl/α,β-unsaturated/α-hetero) is 1. The van der Waals surface area contributed by atoms with Gasteiger partial charge in [-0.15, -0.1) is 0 Å². The van der Waals surface area contributed by atoms with Crippen molar-refractivity contribution in [1.29, 1.82) is 0 Å². The number of aromatic nitrogens is 3. The van der Waals surface area contributed by atoms with Gasteiger partial charge in [0.05, 0.1) is 6.54 Å². The molecule has 4 rings (SSSR count). The predicted octanol–water partition coefficient (Wildman–Crippen LogP) is 2.18. The third-order valence-electron chi connectivity index (χ3n) is 5.84. The molecule has 1 aliphatic rings. The Morgan fingerprint density at radius 2 is 1.69 bits per heavy atom. The molecular formula is C21H27N5O5S. The van der Waals surface area contributed by atoms with E-state index in [2.05, 4.69) is 10.3 Å². The van der Waals surface area contributed by atoms with Crippen LogP contribution in [-0.4, -0.2) is 71.0 Å². The van der Waals surface area contributed by atoms with E-state index in [9.17, 15) is 13.2 Å². The van der Waals surface area contributed by atoms with Gasteiger partial charge in [-0.25, -0.2) is 8.42 Å². The molecule has 0 unspecified atom stereocenters. The monoisotopic (exact) mass is 461 g/mol. The molecule has 0 bridgehead atoms. The minimum absolute atomic E-state index is 0.00778. The van der Waals surface area contributed by atoms with Crippen LogP contribution in [0.5, 0.6) is 0 Å². The summed E-state index contributed by atoms with van der Waals surface area (Å²) >= 11 is 0. The zero-order valence-electron chi connectivity index (χ0n) is 18.9. The Labute approximate surface area is 186 Å². The standard InChI is InChI=1S/C21H27N5O5S/c1-13-10-18(16(4)26(13)20-11-14(2)30-23-20)19(27)12-24-6-8-25(9-7-24)32(28,29)21-15(3)22-31-17(21)5/h10-11H,6-9,12H2,1-5H3. The molecule has 1 saturated heterocycles. The van der Waals surface area contributed by atoms with Crippen LogP contribution in [-0.2, 0) is 10.0 Å². The summed E-state index contributed by atoms with van der Waals surface area (Å²) in [6.45, 7) is 10.6. The summed E-state index contributed by atoms with van der Waals surface area (Å²) in [4.78, 5) is 15.2. The first kappa shape index (κ1) is 22.4. The van der Waals surface area contributed by atoms with Gasteiger partial charge in [0, 0.05) is 49.2 Å². The molecule has 10 nitrogen and oxygen atoms in total. The lowest BCUT2D eigenvalue weighted by molar-refractivity contribution is 0.0901. The summed E-state index contributed by atoms with van der Waals surface area (Å²) in [6, 6.07) is 3.69. The highest BCUT2D eigenvalue weighted by Crippen LogP contribution is 2.25. The van der Waals surface area contributed by atoms with E-state index in [4.69, 9.17) is 9.05 Å². The summed E-state index contributed by atoms with van der Waals surface area (Å²) in [5, 5.41) is 7.81. The van der Waals surface area contributed by atoms with Gasteiger partial charge in [0.15, 0.2) is 17.4 Å². The van der Waals surface area contributed by atoms with Crippen molar-refractivity contribution in [2.45, 2.75) is 39.5 Å². The van der Waals surface area contributed by atoms with E-state index in [-0.39, 0.29) is 23.0 Å². The van der Waals surface area contributed by atoms with Crippen LogP contribution in [0.15, 0.2) is 26.1 Å². The summed E-state index contributed by atoms with van der Waals surface area (Å²) in [7, 11) is -3.68. The Balaban J connectivity index is 1.43. The van der Waals surface area contributed by atoms with Crippen LogP contribution in [0.3, 0.4) is 0 Å². The number of carbonyl (C=O) groups excluding carboxylic acids is 1. The van der Waals surface area contributed by atoms with Gasteiger partial charge in [-0.2, -0.15) is 4.31 Å². The molecule has 0 spiro atoms. The lowest BCUT2D eigenvalue weighted by Crippen LogP contribution is -2.49. The summed E-state index contributed by atoms with van der Waals surface area (Å²) in [5.41, 5.74) is 2.70. The molecule has 1 aliphatic heterocycles. The van der Waals surface area contributed by atoms with Crippen molar-refractivity contribution in [2.75, 3.05) is 32.7 Å². The van der Waals surface area contributed by atoms with Crippen LogP contribution in [0.1, 0.15) is 39.0 Å². The van der Waals surface area contributed by atoms with Crippen molar-refractivity contribution in [3.63, 3.8) is 0 Å². The zero-order valence-corrected chi connectivity index (χ0v) is 19.7. The minimum atomic E-state index is -3.68. The molecule has 0 atom stereocenters. The van der Waals surface area contributed by atoms with Crippen LogP contribution in [0.4, 0.5) is 0 Å². The molecule has 0 aromatic carbocycles. The highest BCUT2D eigenvalue weighted by atomic mass is 32.2. The fourth-order valence-corrected chi connectivity index (χ4v) is 5.96. The average molecular weight is 462 g/mol. The third kappa shape index (κ3) is 3.91. The average Bonchev–Trinajstić information content (AvgIpc) is 3.39. The van der Waals surface area contributed by atoms with Gasteiger partial charge in [-0.3, -0.25) is 14.3 Å². The number of hydrogen-bond donors (Lipinski definition) is 0. The minimum Gasteiger partial charge on any atom is -0.360 e. The Morgan fingerprint density at radius 1 is 1.00 bits per heavy atom. The van der Waals surface area contributed by atoms with Crippen molar-refractivity contribution in [2.24, 2.45) is 0 Å². The largest absolute Gasteiger partial charge is 0.360 e. The number of piperazine rings is 1. The lowest BCUT2D eigenvalue weighted by atomic mass is 10.1. The van der Waals surface area contributed by atoms with E-state index in [1.54, 1.807) is 13.8 Å². The summed E-state index contributed by atoms with van der Waals surface area (Å²) in [5.74, 6) is 1.63. The maximum Gasteiger partial charge on any atom is 0.248 e. The third-order valence-corrected chi connectivity index (χ3v) is 7.98. The van der Waals surface area contributed by atoms with Gasteiger partial charge < -0.3 is 9.05 Å². The van der Waals surface area contributed by atoms with E-state index in [1.165, 1.54) is 4.31 Å². The molecule has 0 amide bonds. The van der Waals surface area contributed by atoms with E-state index in [1.807, 2.05) is 42.4 Å². The molecule has 32 heavy (non-hydrogen) atoms. The smallest absolute Gasteiger partial charge is 0.248 e. The summed E-state index contributed by atoms with van der Waals surface area (Å²) in [6.07, 6.45) is 0. The fraction of sp³-hybridized carbons (Fsp3) is 0.476. The van der Waals surface area contributed by atoms with Crippen LogP contribution < -0.4 is 0 Å². The first-order chi connectivity index (χ1) is 15.1. The number of aryl methyl sites for hydroxylation is 4. The molecule has 3 aromatic rings. The van der Waals surface area contributed by atoms with Crippen molar-refractivity contribution < 1.29 is 22.3 Å². The maximum absolute atomic E-state index is 13.0. The number of hydrogen-bond acceptors (Lipinski definition) is 8. The number of carbonyl (C=O) groups is 1. The first-order valence-corrected chi connectivity index (χ1v) is 11.8. The van der Waals surface area contributed by atoms with Crippen LogP contribution >= 0.6 is 0 Å². The fourth-order valence-electron chi connectivity index (χ4n) is 4.24. The lowest BCUT2D eigenvalue weighted by Gasteiger charge is -2.33. The molecular weight excluding hydrogens is 434 g/mol. The number of nitrogens with zero attached hydrogens (tertiary/aromatic N) is 5. The van der Waals surface area contributed by atoms with Gasteiger partial charge in [-0.1, -0.05) is 10.3 Å². The quantitative estimate of drug-likeness (QED) is 0.513. The molecule has 172 valence electrons. The SMILES string of the molecule is Cc1cc(-n2c(C)cc(C(=O)CN3CCN(S(=O)(=O)c4c(C)noc4C)CC3)c2C)no1. The van der Waals surface area contributed by atoms with E-state index >= 15 is 0 Å². The van der Waals surface area contributed by atoms with Crippen LogP contribution in [0.2, 0.25) is 0 Å². The normalized spacial score (nSPS) is 16.0. The number of ketones is 1. The van der Waals surface area contributed by atoms with Gasteiger partial charge in [0.25, 0.3) is 0 Å². The van der Waals surface area contributed by atoms with Crippen LogP contribution in [0, 0.1) is 34.6 Å². The molecule has 0 N–H and O–H groups in total. The predicted molar refractivity (Wildman–Crippen MR) is 116 cm³/mol. The maximum atomic E-state index is 13.0. The second-order valence-electron chi connectivity index (χ2n) is 8.17. The van der Waals surface area contributed by atoms with E-state index in [0.717, 1.165) is 11.4 Å². The second-order valence-corrected chi connectivity index (χ2v) is 10.0. The summed E-state index contributed by atoms with van der Waals surface area (Å²) < 4.78 is 39.5. The Morgan fingerprint density at radius 3 is 2.25 bits per heavy atom. The van der Waals surface area contributed by atoms with E-state index in [0.29, 0.717) is 49.0 Å². The molecule has 4 heterocycles. The zero-order chi connectivity index (χ0) is 23.2. The Hall–Kier alpha value is -2.76. The first-order valence-electron chi connectivity index (χ1n) is 10.4. The molecule has 0 radical (unpaired) electrons. The van der Waals surface area contributed by atoms with Crippen LogP contribution in [0.25, 0.3) is 5.82 Å². The Bertz CT molecular complexity index is 1240. The van der Waals surface area contributed by atoms with Gasteiger partial charge >= 0.3 is 0 Å². The molecule has 11 heteroatoms. The molecule has 0 saturated carbocycles. The van der Waals surface area contributed by atoms with Crippen molar-refractivity contribution in [1.82, 2.24) is 24.1 Å². The van der Waals surface area contributed by atoms with E-state index < -0.39 is 10.0 Å². The topological polar surface area (TPSA) is 115 Å². The van der Waals surface area contributed by atoms with Crippen molar-refractivity contribution >= 4 is 15.8 Å². The molecule has 1 fully saturated rings. The van der Waals surface area contributed by atoms with Gasteiger partial charge in [0.2, 0.25) is 10.0 Å². The number of sulfonamides is 1. The van der Waals surface area contributed by atoms with Crippen molar-refractivity contribution in [3.8, 4) is 5.82 Å². The molecule has 0 aliphatic carbocycles. The number of rotatable bonds is 6. The Kier molecular flexibility index (Phi) is 5.82. The van der Waals surface area contributed by atoms with Gasteiger partial charge in [-0.05, 0) is 40.7 Å². The van der Waals surface area contributed by atoms with Crippen molar-refractivity contribution in [3.05, 3.63) is 46.3 Å². The second kappa shape index (κ2) is 8.30. The highest BCUT2D eigenvalue weighted by Gasteiger charge is 2.33.